The van der Waals surface area contributed by atoms with Gasteiger partial charge in [0.25, 0.3) is 5.91 Å². The molecule has 0 fully saturated rings. The normalized spacial score (nSPS) is 10.8. The van der Waals surface area contributed by atoms with Crippen LogP contribution >= 0.6 is 39.1 Å². The molecule has 2 aromatic carbocycles. The van der Waals surface area contributed by atoms with Crippen LogP contribution in [-0.2, 0) is 20.2 Å². The molecule has 8 heteroatoms. The molecule has 0 spiro atoms. The lowest BCUT2D eigenvalue weighted by Crippen LogP contribution is -2.27. The van der Waals surface area contributed by atoms with Gasteiger partial charge in [-0.2, -0.15) is 5.10 Å². The molecule has 0 aliphatic heterocycles. The van der Waals surface area contributed by atoms with Gasteiger partial charge in [-0.15, -0.1) is 0 Å². The average molecular weight is 483 g/mol. The van der Waals surface area contributed by atoms with Crippen molar-refractivity contribution in [2.45, 2.75) is 13.2 Å². The molecule has 0 saturated heterocycles. The zero-order valence-corrected chi connectivity index (χ0v) is 18.4. The summed E-state index contributed by atoms with van der Waals surface area (Å²) in [7, 11) is 3.61. The van der Waals surface area contributed by atoms with Crippen LogP contribution in [0.2, 0.25) is 10.0 Å². The van der Waals surface area contributed by atoms with Crippen LogP contribution in [0.1, 0.15) is 21.6 Å². The van der Waals surface area contributed by atoms with Gasteiger partial charge in [-0.05, 0) is 45.8 Å². The van der Waals surface area contributed by atoms with Crippen molar-refractivity contribution in [1.82, 2.24) is 14.7 Å². The number of nitrogens with zero attached hydrogens (tertiary/aromatic N) is 3. The van der Waals surface area contributed by atoms with Gasteiger partial charge < -0.3 is 9.64 Å². The number of hydrogen-bond acceptors (Lipinski definition) is 3. The van der Waals surface area contributed by atoms with E-state index in [1.807, 2.05) is 25.2 Å². The Balaban J connectivity index is 1.70. The van der Waals surface area contributed by atoms with Crippen molar-refractivity contribution >= 4 is 45.0 Å². The minimum Gasteiger partial charge on any atom is -0.487 e. The summed E-state index contributed by atoms with van der Waals surface area (Å²) in [6, 6.07) is 12.6. The molecular formula is C20H18BrCl2N3O2. The summed E-state index contributed by atoms with van der Waals surface area (Å²) < 4.78 is 8.37. The van der Waals surface area contributed by atoms with Gasteiger partial charge in [-0.25, -0.2) is 0 Å². The number of ether oxygens (including phenoxy) is 1. The predicted octanol–water partition coefficient (Wildman–Crippen LogP) is 5.34. The molecule has 0 atom stereocenters. The lowest BCUT2D eigenvalue weighted by atomic mass is 10.1. The van der Waals surface area contributed by atoms with E-state index in [0.29, 0.717) is 27.9 Å². The minimum atomic E-state index is -0.0873. The molecule has 1 aromatic heterocycles. The second-order valence-corrected chi connectivity index (χ2v) is 7.90. The average Bonchev–Trinajstić information content (AvgIpc) is 3.00. The molecule has 1 amide bonds. The molecular weight excluding hydrogens is 465 g/mol. The number of hydrogen-bond donors (Lipinski definition) is 0. The summed E-state index contributed by atoms with van der Waals surface area (Å²) in [4.78, 5) is 14.5. The SMILES string of the molecule is CN(Cc1c(Br)cnn1C)C(=O)c1cccc(COc2cccc(Cl)c2Cl)c1. The molecule has 0 aliphatic carbocycles. The smallest absolute Gasteiger partial charge is 0.253 e. The quantitative estimate of drug-likeness (QED) is 0.476. The van der Waals surface area contributed by atoms with Gasteiger partial charge in [0.2, 0.25) is 0 Å². The fraction of sp³-hybridized carbons (Fsp3) is 0.200. The van der Waals surface area contributed by atoms with Crippen LogP contribution < -0.4 is 4.74 Å². The number of aromatic nitrogens is 2. The van der Waals surface area contributed by atoms with Gasteiger partial charge in [0, 0.05) is 19.7 Å². The van der Waals surface area contributed by atoms with E-state index < -0.39 is 0 Å². The molecule has 0 aliphatic rings. The van der Waals surface area contributed by atoms with Crippen LogP contribution in [0.3, 0.4) is 0 Å². The Morgan fingerprint density at radius 1 is 1.25 bits per heavy atom. The van der Waals surface area contributed by atoms with Crippen LogP contribution in [0.5, 0.6) is 5.75 Å². The van der Waals surface area contributed by atoms with Gasteiger partial charge in [-0.3, -0.25) is 9.48 Å². The Labute approximate surface area is 181 Å². The predicted molar refractivity (Wildman–Crippen MR) is 114 cm³/mol. The first-order chi connectivity index (χ1) is 13.4. The first-order valence-electron chi connectivity index (χ1n) is 8.44. The summed E-state index contributed by atoms with van der Waals surface area (Å²) in [5.41, 5.74) is 2.36. The van der Waals surface area contributed by atoms with E-state index in [2.05, 4.69) is 21.0 Å². The maximum Gasteiger partial charge on any atom is 0.253 e. The molecule has 0 radical (unpaired) electrons. The van der Waals surface area contributed by atoms with Crippen molar-refractivity contribution in [2.75, 3.05) is 7.05 Å². The van der Waals surface area contributed by atoms with Gasteiger partial charge in [0.1, 0.15) is 17.4 Å². The van der Waals surface area contributed by atoms with Crippen molar-refractivity contribution in [1.29, 1.82) is 0 Å². The molecule has 0 unspecified atom stereocenters. The summed E-state index contributed by atoms with van der Waals surface area (Å²) in [5.74, 6) is 0.416. The fourth-order valence-corrected chi connectivity index (χ4v) is 3.50. The van der Waals surface area contributed by atoms with Gasteiger partial charge in [0.15, 0.2) is 0 Å². The monoisotopic (exact) mass is 481 g/mol. The molecule has 3 aromatic rings. The highest BCUT2D eigenvalue weighted by molar-refractivity contribution is 9.10. The maximum absolute atomic E-state index is 12.8. The van der Waals surface area contributed by atoms with E-state index in [0.717, 1.165) is 15.7 Å². The first kappa shape index (κ1) is 20.7. The van der Waals surface area contributed by atoms with Crippen LogP contribution in [0, 0.1) is 0 Å². The molecule has 1 heterocycles. The van der Waals surface area contributed by atoms with Crippen LogP contribution in [0.4, 0.5) is 0 Å². The summed E-state index contributed by atoms with van der Waals surface area (Å²) >= 11 is 15.6. The number of amides is 1. The third kappa shape index (κ3) is 4.69. The topological polar surface area (TPSA) is 47.4 Å². The number of aryl methyl sites for hydroxylation is 1. The Bertz CT molecular complexity index is 987. The first-order valence-corrected chi connectivity index (χ1v) is 9.99. The summed E-state index contributed by atoms with van der Waals surface area (Å²) in [6.07, 6.45) is 1.71. The van der Waals surface area contributed by atoms with Gasteiger partial charge >= 0.3 is 0 Å². The molecule has 3 rings (SSSR count). The van der Waals surface area contributed by atoms with Crippen LogP contribution in [-0.4, -0.2) is 27.6 Å². The maximum atomic E-state index is 12.8. The largest absolute Gasteiger partial charge is 0.487 e. The molecule has 5 nitrogen and oxygen atoms in total. The second-order valence-electron chi connectivity index (χ2n) is 6.27. The third-order valence-corrected chi connectivity index (χ3v) is 5.69. The fourth-order valence-electron chi connectivity index (χ4n) is 2.68. The van der Waals surface area contributed by atoms with E-state index in [1.54, 1.807) is 47.1 Å². The van der Waals surface area contributed by atoms with Crippen molar-refractivity contribution in [2.24, 2.45) is 7.05 Å². The highest BCUT2D eigenvalue weighted by Gasteiger charge is 2.16. The number of halogens is 3. The zero-order chi connectivity index (χ0) is 20.3. The highest BCUT2D eigenvalue weighted by atomic mass is 79.9. The summed E-state index contributed by atoms with van der Waals surface area (Å²) in [6.45, 7) is 0.715. The van der Waals surface area contributed by atoms with Crippen molar-refractivity contribution in [3.8, 4) is 5.75 Å². The van der Waals surface area contributed by atoms with E-state index in [-0.39, 0.29) is 12.5 Å². The van der Waals surface area contributed by atoms with Crippen LogP contribution in [0.15, 0.2) is 53.1 Å². The van der Waals surface area contributed by atoms with Gasteiger partial charge in [-0.1, -0.05) is 41.4 Å². The van der Waals surface area contributed by atoms with Crippen molar-refractivity contribution in [3.63, 3.8) is 0 Å². The number of rotatable bonds is 6. The molecule has 28 heavy (non-hydrogen) atoms. The van der Waals surface area contributed by atoms with E-state index in [9.17, 15) is 4.79 Å². The van der Waals surface area contributed by atoms with Crippen molar-refractivity contribution in [3.05, 3.63) is 80.0 Å². The zero-order valence-electron chi connectivity index (χ0n) is 15.3. The molecule has 0 bridgehead atoms. The Kier molecular flexibility index (Phi) is 6.65. The number of carbonyl (C=O) groups excluding carboxylic acids is 1. The van der Waals surface area contributed by atoms with Crippen molar-refractivity contribution < 1.29 is 9.53 Å². The van der Waals surface area contributed by atoms with E-state index in [4.69, 9.17) is 27.9 Å². The Hall–Kier alpha value is -2.02. The minimum absolute atomic E-state index is 0.0873. The molecule has 0 N–H and O–H groups in total. The molecule has 146 valence electrons. The number of benzene rings is 2. The molecule has 0 saturated carbocycles. The summed E-state index contributed by atoms with van der Waals surface area (Å²) in [5, 5.41) is 4.99. The standard InChI is InChI=1S/C20H18BrCl2N3O2/c1-25(11-17-15(21)10-24-26(17)2)20(27)14-6-3-5-13(9-14)12-28-18-8-4-7-16(22)19(18)23/h3-10H,11-12H2,1-2H3. The third-order valence-electron chi connectivity index (χ3n) is 4.23. The number of carbonyl (C=O) groups is 1. The Morgan fingerprint density at radius 2 is 2.00 bits per heavy atom. The van der Waals surface area contributed by atoms with E-state index >= 15 is 0 Å². The van der Waals surface area contributed by atoms with Crippen LogP contribution in [0.25, 0.3) is 0 Å². The second kappa shape index (κ2) is 8.99. The Morgan fingerprint density at radius 3 is 2.71 bits per heavy atom. The van der Waals surface area contributed by atoms with E-state index in [1.165, 1.54) is 0 Å². The highest BCUT2D eigenvalue weighted by Crippen LogP contribution is 2.32. The lowest BCUT2D eigenvalue weighted by Gasteiger charge is -2.18. The van der Waals surface area contributed by atoms with Gasteiger partial charge in [0.05, 0.1) is 27.9 Å². The lowest BCUT2D eigenvalue weighted by molar-refractivity contribution is 0.0781.